The minimum atomic E-state index is -4.40. The molecule has 4 nitrogen and oxygen atoms in total. The third-order valence-corrected chi connectivity index (χ3v) is 5.79. The van der Waals surface area contributed by atoms with Crippen molar-refractivity contribution in [1.82, 2.24) is 15.2 Å². The third-order valence-electron chi connectivity index (χ3n) is 5.79. The average molecular weight is 457 g/mol. The fourth-order valence-corrected chi connectivity index (χ4v) is 3.94. The summed E-state index contributed by atoms with van der Waals surface area (Å²) in [7, 11) is 1.93. The maximum absolute atomic E-state index is 13.1. The second-order valence-corrected chi connectivity index (χ2v) is 8.11. The molecule has 1 aromatic heterocycles. The van der Waals surface area contributed by atoms with Crippen LogP contribution in [0.1, 0.15) is 48.6 Å². The minimum absolute atomic E-state index is 0.375. The van der Waals surface area contributed by atoms with Gasteiger partial charge in [-0.05, 0) is 68.5 Å². The predicted molar refractivity (Wildman–Crippen MR) is 129 cm³/mol. The first kappa shape index (κ1) is 24.4. The molecule has 1 fully saturated rings. The molecule has 1 aliphatic heterocycles. The fourth-order valence-electron chi connectivity index (χ4n) is 3.94. The number of nitrogens with one attached hydrogen (secondary N) is 2. The van der Waals surface area contributed by atoms with Crippen molar-refractivity contribution in [3.8, 4) is 0 Å². The number of piperidine rings is 1. The molecule has 0 aliphatic carbocycles. The summed E-state index contributed by atoms with van der Waals surface area (Å²) >= 11 is 0. The lowest BCUT2D eigenvalue weighted by atomic mass is 10.0. The molecule has 3 rings (SSSR count). The zero-order valence-electron chi connectivity index (χ0n) is 19.4. The molecule has 1 aliphatic rings. The first-order chi connectivity index (χ1) is 15.7. The lowest BCUT2D eigenvalue weighted by Crippen LogP contribution is -2.34. The predicted octanol–water partition coefficient (Wildman–Crippen LogP) is 6.44. The Hall–Kier alpha value is -3.22. The van der Waals surface area contributed by atoms with Crippen molar-refractivity contribution in [2.45, 2.75) is 39.3 Å². The molecule has 33 heavy (non-hydrogen) atoms. The van der Waals surface area contributed by atoms with Crippen LogP contribution in [0.25, 0.3) is 11.3 Å². The first-order valence-electron chi connectivity index (χ1n) is 11.1. The Morgan fingerprint density at radius 1 is 1.15 bits per heavy atom. The number of benzene rings is 1. The highest BCUT2D eigenvalue weighted by Gasteiger charge is 2.30. The number of pyridine rings is 1. The van der Waals surface area contributed by atoms with Crippen molar-refractivity contribution in [2.75, 3.05) is 25.5 Å². The molecule has 2 aromatic rings. The number of rotatable bonds is 7. The Morgan fingerprint density at radius 2 is 1.88 bits per heavy atom. The van der Waals surface area contributed by atoms with Gasteiger partial charge >= 0.3 is 6.18 Å². The molecule has 0 unspecified atom stereocenters. The number of allylic oxidation sites excluding steroid dienone is 3. The third kappa shape index (κ3) is 6.18. The summed E-state index contributed by atoms with van der Waals surface area (Å²) in [6.07, 6.45) is 5.05. The first-order valence-corrected chi connectivity index (χ1v) is 11.1. The Kier molecular flexibility index (Phi) is 7.84. The van der Waals surface area contributed by atoms with Crippen LogP contribution >= 0.6 is 0 Å². The van der Waals surface area contributed by atoms with Gasteiger partial charge in [-0.15, -0.1) is 0 Å². The van der Waals surface area contributed by atoms with Crippen molar-refractivity contribution >= 4 is 17.0 Å². The van der Waals surface area contributed by atoms with E-state index in [1.54, 1.807) is 12.3 Å². The number of nitrogens with zero attached hydrogens (tertiary/aromatic N) is 2. The summed E-state index contributed by atoms with van der Waals surface area (Å²) in [4.78, 5) is 6.86. The molecule has 2 heterocycles. The SMILES string of the molecule is C=C(Nc1cnc(C)c(C(=C/C)/C=C(\NC)N2CCCCC2)c1)c1cccc(C(F)(F)F)c1. The largest absolute Gasteiger partial charge is 0.416 e. The molecule has 176 valence electrons. The van der Waals surface area contributed by atoms with Gasteiger partial charge in [-0.3, -0.25) is 4.98 Å². The van der Waals surface area contributed by atoms with E-state index in [0.29, 0.717) is 16.9 Å². The fraction of sp³-hybridized carbons (Fsp3) is 0.346. The van der Waals surface area contributed by atoms with Gasteiger partial charge in [-0.25, -0.2) is 0 Å². The van der Waals surface area contributed by atoms with E-state index in [9.17, 15) is 13.2 Å². The molecule has 1 saturated heterocycles. The molecule has 0 saturated carbocycles. The van der Waals surface area contributed by atoms with Crippen LogP contribution in [0, 0.1) is 6.92 Å². The van der Waals surface area contributed by atoms with Crippen LogP contribution in [-0.4, -0.2) is 30.0 Å². The molecular formula is C26H31F3N4. The summed E-state index contributed by atoms with van der Waals surface area (Å²) in [6, 6.07) is 7.08. The number of hydrogen-bond donors (Lipinski definition) is 2. The quantitative estimate of drug-likeness (QED) is 0.470. The van der Waals surface area contributed by atoms with Crippen LogP contribution in [0.3, 0.4) is 0 Å². The second-order valence-electron chi connectivity index (χ2n) is 8.11. The van der Waals surface area contributed by atoms with Crippen LogP contribution in [-0.2, 0) is 6.18 Å². The summed E-state index contributed by atoms with van der Waals surface area (Å²) in [6.45, 7) is 9.91. The number of alkyl halides is 3. The van der Waals surface area contributed by atoms with E-state index < -0.39 is 11.7 Å². The van der Waals surface area contributed by atoms with Gasteiger partial charge in [0.25, 0.3) is 0 Å². The van der Waals surface area contributed by atoms with Crippen LogP contribution < -0.4 is 10.6 Å². The van der Waals surface area contributed by atoms with E-state index in [1.807, 2.05) is 33.0 Å². The molecule has 0 bridgehead atoms. The smallest absolute Gasteiger partial charge is 0.375 e. The highest BCUT2D eigenvalue weighted by molar-refractivity contribution is 5.80. The van der Waals surface area contributed by atoms with E-state index in [2.05, 4.69) is 33.2 Å². The zero-order chi connectivity index (χ0) is 24.0. The van der Waals surface area contributed by atoms with E-state index in [-0.39, 0.29) is 0 Å². The van der Waals surface area contributed by atoms with Crippen molar-refractivity contribution in [3.63, 3.8) is 0 Å². The van der Waals surface area contributed by atoms with E-state index >= 15 is 0 Å². The second kappa shape index (κ2) is 10.6. The molecule has 1 aromatic carbocycles. The molecule has 0 spiro atoms. The summed E-state index contributed by atoms with van der Waals surface area (Å²) in [5, 5.41) is 6.43. The normalized spacial score (nSPS) is 15.4. The lowest BCUT2D eigenvalue weighted by Gasteiger charge is -2.31. The van der Waals surface area contributed by atoms with Crippen molar-refractivity contribution in [1.29, 1.82) is 0 Å². The van der Waals surface area contributed by atoms with Gasteiger partial charge in [0.05, 0.1) is 17.4 Å². The Bertz CT molecular complexity index is 1050. The van der Waals surface area contributed by atoms with Gasteiger partial charge in [-0.2, -0.15) is 13.2 Å². The molecule has 0 radical (unpaired) electrons. The summed E-state index contributed by atoms with van der Waals surface area (Å²) in [5.41, 5.74) is 3.54. The molecular weight excluding hydrogens is 425 g/mol. The van der Waals surface area contributed by atoms with E-state index in [1.165, 1.54) is 25.3 Å². The molecule has 7 heteroatoms. The Labute approximate surface area is 193 Å². The van der Waals surface area contributed by atoms with Gasteiger partial charge in [0.1, 0.15) is 5.82 Å². The van der Waals surface area contributed by atoms with Crippen molar-refractivity contribution in [2.24, 2.45) is 0 Å². The number of anilines is 1. The van der Waals surface area contributed by atoms with Crippen LogP contribution in [0.15, 0.2) is 61.1 Å². The molecule has 2 N–H and O–H groups in total. The summed E-state index contributed by atoms with van der Waals surface area (Å²) in [5.74, 6) is 1.06. The van der Waals surface area contributed by atoms with Gasteiger partial charge in [0, 0.05) is 37.1 Å². The highest BCUT2D eigenvalue weighted by Crippen LogP contribution is 2.31. The lowest BCUT2D eigenvalue weighted by molar-refractivity contribution is -0.137. The van der Waals surface area contributed by atoms with Crippen molar-refractivity contribution < 1.29 is 13.2 Å². The number of aromatic nitrogens is 1. The van der Waals surface area contributed by atoms with Crippen LogP contribution in [0.2, 0.25) is 0 Å². The Balaban J connectivity index is 1.85. The minimum Gasteiger partial charge on any atom is -0.375 e. The highest BCUT2D eigenvalue weighted by atomic mass is 19.4. The topological polar surface area (TPSA) is 40.2 Å². The average Bonchev–Trinajstić information content (AvgIpc) is 2.81. The van der Waals surface area contributed by atoms with Crippen LogP contribution in [0.4, 0.5) is 18.9 Å². The number of aryl methyl sites for hydroxylation is 1. The van der Waals surface area contributed by atoms with Gasteiger partial charge < -0.3 is 15.5 Å². The van der Waals surface area contributed by atoms with Gasteiger partial charge in [-0.1, -0.05) is 24.8 Å². The van der Waals surface area contributed by atoms with Gasteiger partial charge in [0.2, 0.25) is 0 Å². The standard InChI is InChI=1S/C26H31F3N4/c1-5-20(15-25(30-4)33-12-7-6-8-13-33)24-16-23(17-31-19(24)3)32-18(2)21-10-9-11-22(14-21)26(27,28)29/h5,9-11,14-17,30,32H,2,6-8,12-13H2,1,3-4H3/b20-5+,25-15+. The van der Waals surface area contributed by atoms with Crippen molar-refractivity contribution in [3.05, 3.63) is 83.5 Å². The molecule has 0 amide bonds. The number of halogens is 3. The van der Waals surface area contributed by atoms with Gasteiger partial charge in [0.15, 0.2) is 0 Å². The monoisotopic (exact) mass is 456 g/mol. The number of hydrogen-bond acceptors (Lipinski definition) is 4. The number of likely N-dealkylation sites (tertiary alicyclic amines) is 1. The maximum atomic E-state index is 13.1. The zero-order valence-corrected chi connectivity index (χ0v) is 19.4. The van der Waals surface area contributed by atoms with E-state index in [4.69, 9.17) is 0 Å². The van der Waals surface area contributed by atoms with E-state index in [0.717, 1.165) is 47.9 Å². The maximum Gasteiger partial charge on any atom is 0.416 e. The molecule has 0 atom stereocenters. The van der Waals surface area contributed by atoms with Crippen LogP contribution in [0.5, 0.6) is 0 Å². The Morgan fingerprint density at radius 3 is 2.52 bits per heavy atom. The summed E-state index contributed by atoms with van der Waals surface area (Å²) < 4.78 is 39.2.